The Labute approximate surface area is 125 Å². The first-order valence-corrected chi connectivity index (χ1v) is 6.89. The fourth-order valence-electron chi connectivity index (χ4n) is 2.16. The molecule has 1 amide bonds. The van der Waals surface area contributed by atoms with Gasteiger partial charge < -0.3 is 5.32 Å². The van der Waals surface area contributed by atoms with Crippen LogP contribution in [-0.2, 0) is 6.18 Å². The third-order valence-electron chi connectivity index (χ3n) is 3.24. The number of carbonyl (C=O) groups excluding carboxylic acids is 1. The van der Waals surface area contributed by atoms with Gasteiger partial charge in [0.2, 0.25) is 0 Å². The number of nitrogens with one attached hydrogen (secondary N) is 2. The average molecular weight is 311 g/mol. The van der Waals surface area contributed by atoms with Crippen molar-refractivity contribution in [3.63, 3.8) is 0 Å². The summed E-state index contributed by atoms with van der Waals surface area (Å²) in [5.74, 6) is -0.395. The van der Waals surface area contributed by atoms with Crippen LogP contribution in [0.4, 0.5) is 13.2 Å². The lowest BCUT2D eigenvalue weighted by Gasteiger charge is -2.19. The molecule has 1 heterocycles. The Kier molecular flexibility index (Phi) is 4.85. The molecule has 1 unspecified atom stereocenters. The molecule has 7 heteroatoms. The number of carbonyl (C=O) groups is 1. The second-order valence-corrected chi connectivity index (χ2v) is 4.91. The average Bonchev–Trinajstić information content (AvgIpc) is 3.00. The van der Waals surface area contributed by atoms with Crippen molar-refractivity contribution in [2.24, 2.45) is 0 Å². The van der Waals surface area contributed by atoms with E-state index >= 15 is 0 Å². The molecule has 22 heavy (non-hydrogen) atoms. The minimum Gasteiger partial charge on any atom is -0.344 e. The number of alkyl halides is 3. The van der Waals surface area contributed by atoms with Gasteiger partial charge in [0, 0.05) is 6.20 Å². The predicted octanol–water partition coefficient (Wildman–Crippen LogP) is 3.70. The standard InChI is InChI=1S/C15H16F3N3O/c1-2-4-12(20-14(22)13-7-8-19-21-13)10-5-3-6-11(9-10)15(16,17)18/h3,5-9,12H,2,4H2,1H3,(H,19,21)(H,20,22). The molecule has 0 fully saturated rings. The van der Waals surface area contributed by atoms with Crippen LogP contribution in [0.15, 0.2) is 36.5 Å². The Morgan fingerprint density at radius 3 is 2.73 bits per heavy atom. The first kappa shape index (κ1) is 16.1. The second kappa shape index (κ2) is 6.64. The Hall–Kier alpha value is -2.31. The monoisotopic (exact) mass is 311 g/mol. The van der Waals surface area contributed by atoms with Crippen LogP contribution in [0, 0.1) is 0 Å². The molecule has 2 N–H and O–H groups in total. The molecule has 0 saturated carbocycles. The number of aromatic nitrogens is 2. The zero-order chi connectivity index (χ0) is 16.2. The first-order valence-electron chi connectivity index (χ1n) is 6.89. The number of halogens is 3. The topological polar surface area (TPSA) is 57.8 Å². The number of H-pyrrole nitrogens is 1. The van der Waals surface area contributed by atoms with Crippen LogP contribution in [0.3, 0.4) is 0 Å². The van der Waals surface area contributed by atoms with Crippen LogP contribution in [-0.4, -0.2) is 16.1 Å². The molecule has 0 aliphatic carbocycles. The van der Waals surface area contributed by atoms with E-state index in [0.29, 0.717) is 12.0 Å². The van der Waals surface area contributed by atoms with Gasteiger partial charge in [0.25, 0.3) is 5.91 Å². The summed E-state index contributed by atoms with van der Waals surface area (Å²) in [5.41, 5.74) is -0.0143. The van der Waals surface area contributed by atoms with Crippen LogP contribution in [0.25, 0.3) is 0 Å². The number of hydrogen-bond donors (Lipinski definition) is 2. The van der Waals surface area contributed by atoms with E-state index in [-0.39, 0.29) is 5.69 Å². The molecule has 0 aliphatic heterocycles. The predicted molar refractivity (Wildman–Crippen MR) is 75.1 cm³/mol. The number of amides is 1. The molecule has 0 spiro atoms. The van der Waals surface area contributed by atoms with Crippen molar-refractivity contribution in [1.29, 1.82) is 0 Å². The maximum absolute atomic E-state index is 12.8. The van der Waals surface area contributed by atoms with Crippen LogP contribution in [0.5, 0.6) is 0 Å². The highest BCUT2D eigenvalue weighted by Crippen LogP contribution is 2.31. The van der Waals surface area contributed by atoms with Crippen molar-refractivity contribution in [2.45, 2.75) is 32.0 Å². The van der Waals surface area contributed by atoms with Gasteiger partial charge in [-0.25, -0.2) is 0 Å². The number of aromatic amines is 1. The second-order valence-electron chi connectivity index (χ2n) is 4.91. The Morgan fingerprint density at radius 1 is 1.36 bits per heavy atom. The minimum atomic E-state index is -4.40. The van der Waals surface area contributed by atoms with Gasteiger partial charge in [-0.3, -0.25) is 9.89 Å². The van der Waals surface area contributed by atoms with E-state index in [4.69, 9.17) is 0 Å². The molecule has 2 aromatic rings. The summed E-state index contributed by atoms with van der Waals surface area (Å²) < 4.78 is 38.4. The third kappa shape index (κ3) is 3.87. The van der Waals surface area contributed by atoms with Gasteiger partial charge in [-0.05, 0) is 30.2 Å². The minimum absolute atomic E-state index is 0.271. The maximum atomic E-state index is 12.8. The van der Waals surface area contributed by atoms with E-state index in [1.54, 1.807) is 6.07 Å². The summed E-state index contributed by atoms with van der Waals surface area (Å²) in [6.07, 6.45) is -1.69. The van der Waals surface area contributed by atoms with Crippen LogP contribution < -0.4 is 5.32 Å². The Bertz CT molecular complexity index is 623. The highest BCUT2D eigenvalue weighted by molar-refractivity contribution is 5.92. The summed E-state index contributed by atoms with van der Waals surface area (Å²) in [4.78, 5) is 12.0. The molecule has 0 bridgehead atoms. The van der Waals surface area contributed by atoms with E-state index < -0.39 is 23.7 Å². The summed E-state index contributed by atoms with van der Waals surface area (Å²) in [6.45, 7) is 1.91. The highest BCUT2D eigenvalue weighted by Gasteiger charge is 2.31. The zero-order valence-electron chi connectivity index (χ0n) is 11.9. The fourth-order valence-corrected chi connectivity index (χ4v) is 2.16. The number of rotatable bonds is 5. The lowest BCUT2D eigenvalue weighted by molar-refractivity contribution is -0.137. The smallest absolute Gasteiger partial charge is 0.344 e. The third-order valence-corrected chi connectivity index (χ3v) is 3.24. The molecule has 1 atom stereocenters. The zero-order valence-corrected chi connectivity index (χ0v) is 11.9. The van der Waals surface area contributed by atoms with E-state index in [1.807, 2.05) is 6.92 Å². The highest BCUT2D eigenvalue weighted by atomic mass is 19.4. The summed E-state index contributed by atoms with van der Waals surface area (Å²) >= 11 is 0. The Balaban J connectivity index is 2.22. The molecule has 0 radical (unpaired) electrons. The lowest BCUT2D eigenvalue weighted by atomic mass is 9.99. The van der Waals surface area contributed by atoms with Gasteiger partial charge in [0.05, 0.1) is 11.6 Å². The SMILES string of the molecule is CCCC(NC(=O)c1ccn[nH]1)c1cccc(C(F)(F)F)c1. The van der Waals surface area contributed by atoms with Gasteiger partial charge in [-0.15, -0.1) is 0 Å². The molecule has 4 nitrogen and oxygen atoms in total. The number of benzene rings is 1. The van der Waals surface area contributed by atoms with Gasteiger partial charge in [0.15, 0.2) is 0 Å². The number of nitrogens with zero attached hydrogens (tertiary/aromatic N) is 1. The maximum Gasteiger partial charge on any atom is 0.416 e. The van der Waals surface area contributed by atoms with Crippen LogP contribution in [0.1, 0.15) is 47.4 Å². The molecule has 1 aromatic heterocycles. The summed E-state index contributed by atoms with van der Waals surface area (Å²) in [6, 6.07) is 6.05. The van der Waals surface area contributed by atoms with Gasteiger partial charge in [0.1, 0.15) is 5.69 Å². The van der Waals surface area contributed by atoms with Crippen molar-refractivity contribution in [3.8, 4) is 0 Å². The summed E-state index contributed by atoms with van der Waals surface area (Å²) in [5, 5.41) is 8.95. The van der Waals surface area contributed by atoms with Crippen molar-refractivity contribution in [3.05, 3.63) is 53.3 Å². The molecular weight excluding hydrogens is 295 g/mol. The molecule has 118 valence electrons. The van der Waals surface area contributed by atoms with Gasteiger partial charge in [-0.1, -0.05) is 25.5 Å². The van der Waals surface area contributed by atoms with Crippen molar-refractivity contribution >= 4 is 5.91 Å². The molecule has 2 rings (SSSR count). The first-order chi connectivity index (χ1) is 10.4. The summed E-state index contributed by atoms with van der Waals surface area (Å²) in [7, 11) is 0. The van der Waals surface area contributed by atoms with E-state index in [1.165, 1.54) is 18.3 Å². The van der Waals surface area contributed by atoms with E-state index in [9.17, 15) is 18.0 Å². The molecule has 1 aromatic carbocycles. The van der Waals surface area contributed by atoms with Crippen molar-refractivity contribution < 1.29 is 18.0 Å². The lowest BCUT2D eigenvalue weighted by Crippen LogP contribution is -2.29. The van der Waals surface area contributed by atoms with Crippen LogP contribution >= 0.6 is 0 Å². The normalized spacial score (nSPS) is 12.9. The van der Waals surface area contributed by atoms with Crippen molar-refractivity contribution in [1.82, 2.24) is 15.5 Å². The number of hydrogen-bond acceptors (Lipinski definition) is 2. The van der Waals surface area contributed by atoms with Crippen molar-refractivity contribution in [2.75, 3.05) is 0 Å². The molecule has 0 aliphatic rings. The molecule has 0 saturated heterocycles. The quantitative estimate of drug-likeness (QED) is 0.884. The molecular formula is C15H16F3N3O. The fraction of sp³-hybridized carbons (Fsp3) is 0.333. The van der Waals surface area contributed by atoms with Crippen LogP contribution in [0.2, 0.25) is 0 Å². The van der Waals surface area contributed by atoms with E-state index in [2.05, 4.69) is 15.5 Å². The van der Waals surface area contributed by atoms with Gasteiger partial charge in [-0.2, -0.15) is 18.3 Å². The van der Waals surface area contributed by atoms with Gasteiger partial charge >= 0.3 is 6.18 Å². The largest absolute Gasteiger partial charge is 0.416 e. The van der Waals surface area contributed by atoms with E-state index in [0.717, 1.165) is 18.6 Å². The Morgan fingerprint density at radius 2 is 2.14 bits per heavy atom.